The van der Waals surface area contributed by atoms with E-state index in [1.165, 1.54) is 0 Å². The minimum atomic E-state index is -3.37. The highest BCUT2D eigenvalue weighted by atomic mass is 31.2. The summed E-state index contributed by atoms with van der Waals surface area (Å²) in [6.07, 6.45) is 3.83. The fraction of sp³-hybridized carbons (Fsp3) is 0.412. The van der Waals surface area contributed by atoms with Crippen molar-refractivity contribution in [3.63, 3.8) is 0 Å². The van der Waals surface area contributed by atoms with Crippen LogP contribution in [0.4, 0.5) is 0 Å². The third-order valence-corrected chi connectivity index (χ3v) is 4.97. The van der Waals surface area contributed by atoms with Crippen LogP contribution in [0.2, 0.25) is 0 Å². The average Bonchev–Trinajstić information content (AvgIpc) is 2.48. The largest absolute Gasteiger partial charge is 0.482 e. The van der Waals surface area contributed by atoms with Crippen molar-refractivity contribution in [3.8, 4) is 0 Å². The Hall–Kier alpha value is -1.35. The molecule has 0 aliphatic carbocycles. The van der Waals surface area contributed by atoms with Gasteiger partial charge in [-0.2, -0.15) is 0 Å². The van der Waals surface area contributed by atoms with Crippen LogP contribution >= 0.6 is 7.60 Å². The van der Waals surface area contributed by atoms with Gasteiger partial charge in [-0.25, -0.2) is 0 Å². The van der Waals surface area contributed by atoms with E-state index in [-0.39, 0.29) is 0 Å². The van der Waals surface area contributed by atoms with Gasteiger partial charge in [0.25, 0.3) is 0 Å². The normalized spacial score (nSPS) is 11.6. The summed E-state index contributed by atoms with van der Waals surface area (Å²) in [4.78, 5) is 0. The molecule has 0 atom stereocenters. The Morgan fingerprint density at radius 1 is 1.09 bits per heavy atom. The van der Waals surface area contributed by atoms with Crippen LogP contribution in [-0.4, -0.2) is 19.8 Å². The number of benzene rings is 1. The van der Waals surface area contributed by atoms with E-state index in [0.29, 0.717) is 25.3 Å². The molecule has 0 fully saturated rings. The molecule has 0 amide bonds. The first-order chi connectivity index (χ1) is 10.5. The second kappa shape index (κ2) is 9.62. The maximum Gasteiger partial charge on any atom is 0.395 e. The lowest BCUT2D eigenvalue weighted by Gasteiger charge is -2.21. The highest BCUT2D eigenvalue weighted by Gasteiger charge is 2.32. The van der Waals surface area contributed by atoms with Gasteiger partial charge in [-0.3, -0.25) is 4.57 Å². The summed E-state index contributed by atoms with van der Waals surface area (Å²) >= 11 is 0. The molecule has 0 aliphatic rings. The van der Waals surface area contributed by atoms with E-state index in [1.54, 1.807) is 13.8 Å². The zero-order valence-electron chi connectivity index (χ0n) is 13.7. The quantitative estimate of drug-likeness (QED) is 0.460. The van der Waals surface area contributed by atoms with Crippen molar-refractivity contribution in [1.82, 2.24) is 0 Å². The van der Waals surface area contributed by atoms with Gasteiger partial charge in [0.1, 0.15) is 6.61 Å². The fourth-order valence-electron chi connectivity index (χ4n) is 1.87. The lowest BCUT2D eigenvalue weighted by molar-refractivity contribution is 0.188. The lowest BCUT2D eigenvalue weighted by Crippen LogP contribution is -2.04. The first-order valence-electron chi connectivity index (χ1n) is 7.45. The van der Waals surface area contributed by atoms with Gasteiger partial charge in [0, 0.05) is 0 Å². The molecule has 0 radical (unpaired) electrons. The Labute approximate surface area is 133 Å². The van der Waals surface area contributed by atoms with Crippen LogP contribution in [0, 0.1) is 0 Å². The minimum Gasteiger partial charge on any atom is -0.482 e. The van der Waals surface area contributed by atoms with Crippen molar-refractivity contribution >= 4 is 13.7 Å². The number of allylic oxidation sites excluding steroid dienone is 1. The lowest BCUT2D eigenvalue weighted by atomic mass is 10.2. The molecule has 0 heterocycles. The van der Waals surface area contributed by atoms with Gasteiger partial charge in [-0.05, 0) is 44.9 Å². The van der Waals surface area contributed by atoms with Crippen molar-refractivity contribution in [3.05, 3.63) is 53.0 Å². The molecular weight excluding hydrogens is 299 g/mol. The number of hydrogen-bond acceptors (Lipinski definition) is 4. The van der Waals surface area contributed by atoms with Crippen molar-refractivity contribution in [2.45, 2.75) is 27.7 Å². The topological polar surface area (TPSA) is 44.8 Å². The third kappa shape index (κ3) is 5.80. The molecule has 0 saturated heterocycles. The molecule has 0 spiro atoms. The van der Waals surface area contributed by atoms with Crippen molar-refractivity contribution < 1.29 is 18.3 Å². The van der Waals surface area contributed by atoms with Gasteiger partial charge in [0.15, 0.2) is 0 Å². The number of ether oxygens (including phenoxy) is 1. The molecule has 0 bridgehead atoms. The molecule has 0 aliphatic heterocycles. The maximum absolute atomic E-state index is 12.8. The zero-order chi connectivity index (χ0) is 16.4. The first kappa shape index (κ1) is 18.7. The summed E-state index contributed by atoms with van der Waals surface area (Å²) in [6.45, 7) is 8.14. The van der Waals surface area contributed by atoms with Gasteiger partial charge in [0.2, 0.25) is 5.50 Å². The summed E-state index contributed by atoms with van der Waals surface area (Å²) in [5.74, 6) is 0. The summed E-state index contributed by atoms with van der Waals surface area (Å²) in [6, 6.07) is 9.92. The summed E-state index contributed by atoms with van der Waals surface area (Å²) in [5, 5.41) is 0. The van der Waals surface area contributed by atoms with Crippen LogP contribution in [0.15, 0.2) is 47.5 Å². The molecule has 0 N–H and O–H groups in total. The predicted molar refractivity (Wildman–Crippen MR) is 90.7 cm³/mol. The van der Waals surface area contributed by atoms with Crippen LogP contribution in [-0.2, 0) is 18.3 Å². The van der Waals surface area contributed by atoms with E-state index >= 15 is 0 Å². The molecule has 0 unspecified atom stereocenters. The molecule has 5 heteroatoms. The summed E-state index contributed by atoms with van der Waals surface area (Å²) in [7, 11) is -3.37. The van der Waals surface area contributed by atoms with Gasteiger partial charge in [0.05, 0.1) is 13.2 Å². The fourth-order valence-corrected chi connectivity index (χ4v) is 3.64. The Bertz CT molecular complexity index is 535. The monoisotopic (exact) mass is 324 g/mol. The van der Waals surface area contributed by atoms with E-state index in [0.717, 1.165) is 11.1 Å². The maximum atomic E-state index is 12.8. The molecule has 0 saturated carbocycles. The SMILES string of the molecule is CCOP(=O)(OCC)C(OC/C=C/c1ccccc1)=C(C)C. The van der Waals surface area contributed by atoms with Crippen LogP contribution in [0.3, 0.4) is 0 Å². The van der Waals surface area contributed by atoms with E-state index in [1.807, 2.05) is 56.3 Å². The van der Waals surface area contributed by atoms with Gasteiger partial charge >= 0.3 is 7.60 Å². The molecule has 22 heavy (non-hydrogen) atoms. The van der Waals surface area contributed by atoms with Crippen LogP contribution in [0.5, 0.6) is 0 Å². The molecule has 1 rings (SSSR count). The predicted octanol–water partition coefficient (Wildman–Crippen LogP) is 5.23. The highest BCUT2D eigenvalue weighted by Crippen LogP contribution is 2.57. The van der Waals surface area contributed by atoms with E-state index in [9.17, 15) is 4.57 Å². The third-order valence-electron chi connectivity index (χ3n) is 2.70. The zero-order valence-corrected chi connectivity index (χ0v) is 14.6. The Morgan fingerprint density at radius 3 is 2.18 bits per heavy atom. The Morgan fingerprint density at radius 2 is 1.68 bits per heavy atom. The van der Waals surface area contributed by atoms with Crippen LogP contribution in [0.25, 0.3) is 6.08 Å². The summed E-state index contributed by atoms with van der Waals surface area (Å²) < 4.78 is 29.1. The van der Waals surface area contributed by atoms with Gasteiger partial charge in [-0.15, -0.1) is 0 Å². The van der Waals surface area contributed by atoms with E-state index in [2.05, 4.69) is 0 Å². The molecule has 122 valence electrons. The minimum absolute atomic E-state index is 0.300. The van der Waals surface area contributed by atoms with Gasteiger partial charge in [-0.1, -0.05) is 36.4 Å². The number of hydrogen-bond donors (Lipinski definition) is 0. The Kier molecular flexibility index (Phi) is 8.18. The van der Waals surface area contributed by atoms with Crippen LogP contribution < -0.4 is 0 Å². The smallest absolute Gasteiger partial charge is 0.395 e. The molecule has 1 aromatic rings. The van der Waals surface area contributed by atoms with E-state index in [4.69, 9.17) is 13.8 Å². The standard InChI is InChI=1S/C17H25O4P/c1-5-20-22(18,21-6-2)17(15(3)4)19-14-10-13-16-11-8-7-9-12-16/h7-13H,5-6,14H2,1-4H3/b13-10+. The van der Waals surface area contributed by atoms with E-state index < -0.39 is 7.60 Å². The summed E-state index contributed by atoms with van der Waals surface area (Å²) in [5.41, 5.74) is 2.18. The first-order valence-corrected chi connectivity index (χ1v) is 8.99. The van der Waals surface area contributed by atoms with Crippen LogP contribution in [0.1, 0.15) is 33.3 Å². The second-order valence-electron chi connectivity index (χ2n) is 4.76. The molecular formula is C17H25O4P. The molecule has 4 nitrogen and oxygen atoms in total. The highest BCUT2D eigenvalue weighted by molar-refractivity contribution is 7.58. The second-order valence-corrected chi connectivity index (χ2v) is 6.68. The van der Waals surface area contributed by atoms with Gasteiger partial charge < -0.3 is 13.8 Å². The number of rotatable bonds is 9. The molecule has 1 aromatic carbocycles. The van der Waals surface area contributed by atoms with Crippen molar-refractivity contribution in [2.24, 2.45) is 0 Å². The molecule has 0 aromatic heterocycles. The van der Waals surface area contributed by atoms with Crippen molar-refractivity contribution in [1.29, 1.82) is 0 Å². The Balaban J connectivity index is 2.75. The van der Waals surface area contributed by atoms with Crippen molar-refractivity contribution in [2.75, 3.05) is 19.8 Å². The average molecular weight is 324 g/mol.